The molecule has 2 unspecified atom stereocenters. The number of carbonyl (C=O) groups is 1. The van der Waals surface area contributed by atoms with E-state index in [1.165, 1.54) is 17.5 Å². The molecule has 2 rings (SSSR count). The highest BCUT2D eigenvalue weighted by Crippen LogP contribution is 2.22. The van der Waals surface area contributed by atoms with Gasteiger partial charge in [-0.05, 0) is 43.4 Å². The van der Waals surface area contributed by atoms with Gasteiger partial charge >= 0.3 is 0 Å². The van der Waals surface area contributed by atoms with Crippen LogP contribution in [0.25, 0.3) is 0 Å². The van der Waals surface area contributed by atoms with Gasteiger partial charge in [0, 0.05) is 26.2 Å². The maximum atomic E-state index is 12.5. The van der Waals surface area contributed by atoms with E-state index in [0.29, 0.717) is 31.6 Å². The summed E-state index contributed by atoms with van der Waals surface area (Å²) in [6, 6.07) is 8.57. The van der Waals surface area contributed by atoms with Crippen molar-refractivity contribution in [2.24, 2.45) is 11.7 Å². The molecule has 130 valence electrons. The smallest absolute Gasteiger partial charge is 0.236 e. The molecular formula is C18H30ClN3O. The molecule has 2 N–H and O–H groups in total. The molecule has 1 fully saturated rings. The molecule has 0 aliphatic carbocycles. The van der Waals surface area contributed by atoms with Crippen molar-refractivity contribution < 1.29 is 4.79 Å². The summed E-state index contributed by atoms with van der Waals surface area (Å²) in [5, 5.41) is 0. The molecule has 1 aliphatic heterocycles. The van der Waals surface area contributed by atoms with Gasteiger partial charge in [-0.3, -0.25) is 9.69 Å². The third-order valence-corrected chi connectivity index (χ3v) is 4.91. The number of nitrogens with zero attached hydrogens (tertiary/aromatic N) is 2. The van der Waals surface area contributed by atoms with Crippen molar-refractivity contribution >= 4 is 18.3 Å². The quantitative estimate of drug-likeness (QED) is 0.896. The molecule has 1 aromatic rings. The Balaban J connectivity index is 0.00000264. The first-order valence-corrected chi connectivity index (χ1v) is 8.25. The normalized spacial score (nSPS) is 21.6. The molecule has 0 saturated carbocycles. The zero-order valence-corrected chi connectivity index (χ0v) is 15.3. The van der Waals surface area contributed by atoms with Crippen LogP contribution in [0.15, 0.2) is 24.3 Å². The Labute approximate surface area is 146 Å². The number of piperidine rings is 1. The Morgan fingerprint density at radius 1 is 1.39 bits per heavy atom. The number of likely N-dealkylation sites (tertiary alicyclic amines) is 1. The molecule has 1 heterocycles. The molecule has 4 nitrogen and oxygen atoms in total. The largest absolute Gasteiger partial charge is 0.340 e. The van der Waals surface area contributed by atoms with Gasteiger partial charge in [0.25, 0.3) is 0 Å². The van der Waals surface area contributed by atoms with Crippen molar-refractivity contribution in [3.8, 4) is 0 Å². The highest BCUT2D eigenvalue weighted by atomic mass is 35.5. The first-order valence-electron chi connectivity index (χ1n) is 8.25. The topological polar surface area (TPSA) is 49.6 Å². The van der Waals surface area contributed by atoms with E-state index in [1.54, 1.807) is 0 Å². The fraction of sp³-hybridized carbons (Fsp3) is 0.611. The SMILES string of the molecule is Cc1ccccc1CN(C)C(=O)CN1CCCC(C)C1CN.Cl. The Bertz CT molecular complexity index is 509. The monoisotopic (exact) mass is 339 g/mol. The molecule has 2 atom stereocenters. The first kappa shape index (κ1) is 19.9. The second-order valence-corrected chi connectivity index (χ2v) is 6.57. The number of hydrogen-bond donors (Lipinski definition) is 1. The summed E-state index contributed by atoms with van der Waals surface area (Å²) in [5.74, 6) is 0.754. The minimum Gasteiger partial charge on any atom is -0.340 e. The Morgan fingerprint density at radius 3 is 2.74 bits per heavy atom. The Kier molecular flexibility index (Phi) is 8.03. The lowest BCUT2D eigenvalue weighted by Crippen LogP contribution is -2.52. The Morgan fingerprint density at radius 2 is 2.09 bits per heavy atom. The van der Waals surface area contributed by atoms with Crippen molar-refractivity contribution in [2.75, 3.05) is 26.7 Å². The summed E-state index contributed by atoms with van der Waals surface area (Å²) in [5.41, 5.74) is 8.35. The van der Waals surface area contributed by atoms with Gasteiger partial charge in [-0.15, -0.1) is 12.4 Å². The number of halogens is 1. The van der Waals surface area contributed by atoms with Gasteiger partial charge in [-0.1, -0.05) is 31.2 Å². The summed E-state index contributed by atoms with van der Waals surface area (Å²) in [7, 11) is 1.89. The minimum atomic E-state index is 0. The number of hydrogen-bond acceptors (Lipinski definition) is 3. The maximum Gasteiger partial charge on any atom is 0.236 e. The van der Waals surface area contributed by atoms with Crippen molar-refractivity contribution in [3.05, 3.63) is 35.4 Å². The number of aryl methyl sites for hydroxylation is 1. The number of nitrogens with two attached hydrogens (primary N) is 1. The van der Waals surface area contributed by atoms with E-state index < -0.39 is 0 Å². The molecule has 1 amide bonds. The summed E-state index contributed by atoms with van der Waals surface area (Å²) in [6.07, 6.45) is 2.37. The number of likely N-dealkylation sites (N-methyl/N-ethyl adjacent to an activating group) is 1. The van der Waals surface area contributed by atoms with Crippen LogP contribution in [-0.4, -0.2) is 48.4 Å². The van der Waals surface area contributed by atoms with Crippen LogP contribution in [0.1, 0.15) is 30.9 Å². The van der Waals surface area contributed by atoms with Gasteiger partial charge in [-0.25, -0.2) is 0 Å². The van der Waals surface area contributed by atoms with Crippen LogP contribution in [0.5, 0.6) is 0 Å². The average molecular weight is 340 g/mol. The van der Waals surface area contributed by atoms with Gasteiger partial charge in [0.05, 0.1) is 6.54 Å². The van der Waals surface area contributed by atoms with Crippen molar-refractivity contribution in [3.63, 3.8) is 0 Å². The Hall–Kier alpha value is -1.10. The lowest BCUT2D eigenvalue weighted by molar-refractivity contribution is -0.132. The van der Waals surface area contributed by atoms with Crippen molar-refractivity contribution in [1.29, 1.82) is 0 Å². The molecular weight excluding hydrogens is 310 g/mol. The molecule has 1 aliphatic rings. The van der Waals surface area contributed by atoms with E-state index in [4.69, 9.17) is 5.73 Å². The lowest BCUT2D eigenvalue weighted by Gasteiger charge is -2.39. The van der Waals surface area contributed by atoms with Gasteiger partial charge in [0.15, 0.2) is 0 Å². The minimum absolute atomic E-state index is 0. The van der Waals surface area contributed by atoms with Gasteiger partial charge < -0.3 is 10.6 Å². The van der Waals surface area contributed by atoms with E-state index in [0.717, 1.165) is 13.0 Å². The zero-order valence-electron chi connectivity index (χ0n) is 14.5. The number of benzene rings is 1. The van der Waals surface area contributed by atoms with Crippen LogP contribution in [0.3, 0.4) is 0 Å². The van der Waals surface area contributed by atoms with E-state index >= 15 is 0 Å². The average Bonchev–Trinajstić information content (AvgIpc) is 2.49. The zero-order chi connectivity index (χ0) is 16.1. The summed E-state index contributed by atoms with van der Waals surface area (Å²) < 4.78 is 0. The van der Waals surface area contributed by atoms with Crippen molar-refractivity contribution in [2.45, 2.75) is 39.3 Å². The number of amides is 1. The lowest BCUT2D eigenvalue weighted by atomic mass is 9.91. The highest BCUT2D eigenvalue weighted by Gasteiger charge is 2.29. The second kappa shape index (κ2) is 9.26. The fourth-order valence-electron chi connectivity index (χ4n) is 3.34. The van der Waals surface area contributed by atoms with E-state index in [-0.39, 0.29) is 18.3 Å². The van der Waals surface area contributed by atoms with E-state index in [2.05, 4.69) is 30.9 Å². The molecule has 5 heteroatoms. The number of carbonyl (C=O) groups excluding carboxylic acids is 1. The van der Waals surface area contributed by atoms with Crippen LogP contribution in [0.2, 0.25) is 0 Å². The highest BCUT2D eigenvalue weighted by molar-refractivity contribution is 5.85. The third-order valence-electron chi connectivity index (χ3n) is 4.91. The second-order valence-electron chi connectivity index (χ2n) is 6.57. The van der Waals surface area contributed by atoms with Crippen LogP contribution in [-0.2, 0) is 11.3 Å². The van der Waals surface area contributed by atoms with Crippen LogP contribution in [0, 0.1) is 12.8 Å². The fourth-order valence-corrected chi connectivity index (χ4v) is 3.34. The first-order chi connectivity index (χ1) is 10.5. The molecule has 1 saturated heterocycles. The maximum absolute atomic E-state index is 12.5. The van der Waals surface area contributed by atoms with Crippen LogP contribution >= 0.6 is 12.4 Å². The molecule has 23 heavy (non-hydrogen) atoms. The molecule has 0 bridgehead atoms. The third kappa shape index (κ3) is 5.20. The van der Waals surface area contributed by atoms with E-state index in [1.807, 2.05) is 24.1 Å². The summed E-state index contributed by atoms with van der Waals surface area (Å²) >= 11 is 0. The molecule has 0 aromatic heterocycles. The van der Waals surface area contributed by atoms with Gasteiger partial charge in [-0.2, -0.15) is 0 Å². The predicted octanol–water partition coefficient (Wildman–Crippen LogP) is 2.43. The van der Waals surface area contributed by atoms with Gasteiger partial charge in [0.1, 0.15) is 0 Å². The molecule has 0 radical (unpaired) electrons. The van der Waals surface area contributed by atoms with Crippen LogP contribution < -0.4 is 5.73 Å². The summed E-state index contributed by atoms with van der Waals surface area (Å²) in [6.45, 7) is 7.10. The number of rotatable bonds is 5. The molecule has 1 aromatic carbocycles. The standard InChI is InChI=1S/C18H29N3O.ClH/c1-14-7-4-5-9-16(14)12-20(3)18(22)13-21-10-6-8-15(2)17(21)11-19;/h4-5,7,9,15,17H,6,8,10-13,19H2,1-3H3;1H. The van der Waals surface area contributed by atoms with E-state index in [9.17, 15) is 4.79 Å². The van der Waals surface area contributed by atoms with Gasteiger partial charge in [0.2, 0.25) is 5.91 Å². The van der Waals surface area contributed by atoms with Crippen LogP contribution in [0.4, 0.5) is 0 Å². The summed E-state index contributed by atoms with van der Waals surface area (Å²) in [4.78, 5) is 16.6. The predicted molar refractivity (Wildman–Crippen MR) is 97.7 cm³/mol. The van der Waals surface area contributed by atoms with Crippen molar-refractivity contribution in [1.82, 2.24) is 9.80 Å². The molecule has 0 spiro atoms.